The Kier molecular flexibility index (Phi) is 2.00. The number of nitrogens with two attached hydrogens (primary N) is 1. The van der Waals surface area contributed by atoms with Crippen LogP contribution in [0.5, 0.6) is 0 Å². The molecule has 0 aliphatic heterocycles. The van der Waals surface area contributed by atoms with E-state index in [2.05, 4.69) is 4.98 Å². The monoisotopic (exact) mass is 184 g/mol. The highest BCUT2D eigenvalue weighted by Gasteiger charge is 2.32. The maximum absolute atomic E-state index is 13.1. The smallest absolute Gasteiger partial charge is 0.149 e. The summed E-state index contributed by atoms with van der Waals surface area (Å²) in [5, 5.41) is 0. The van der Waals surface area contributed by atoms with Crippen molar-refractivity contribution in [2.24, 2.45) is 11.7 Å². The van der Waals surface area contributed by atoms with Crippen molar-refractivity contribution in [3.63, 3.8) is 0 Å². The maximum Gasteiger partial charge on any atom is 0.149 e. The summed E-state index contributed by atoms with van der Waals surface area (Å²) >= 11 is 0. The lowest BCUT2D eigenvalue weighted by molar-refractivity contribution is 0.516. The lowest BCUT2D eigenvalue weighted by Gasteiger charge is -2.09. The van der Waals surface area contributed by atoms with Gasteiger partial charge >= 0.3 is 0 Å². The summed E-state index contributed by atoms with van der Waals surface area (Å²) in [5.74, 6) is -0.976. The fourth-order valence-corrected chi connectivity index (χ4v) is 1.35. The summed E-state index contributed by atoms with van der Waals surface area (Å²) in [7, 11) is 0. The van der Waals surface area contributed by atoms with E-state index in [1.807, 2.05) is 0 Å². The van der Waals surface area contributed by atoms with Crippen LogP contribution in [0.2, 0.25) is 0 Å². The number of hydrogen-bond donors (Lipinski definition) is 1. The molecular weight excluding hydrogens is 174 g/mol. The summed E-state index contributed by atoms with van der Waals surface area (Å²) in [5.41, 5.74) is 5.91. The molecule has 0 radical (unpaired) electrons. The second kappa shape index (κ2) is 3.03. The van der Waals surface area contributed by atoms with Gasteiger partial charge < -0.3 is 5.73 Å². The van der Waals surface area contributed by atoms with Crippen LogP contribution in [0.1, 0.15) is 24.6 Å². The van der Waals surface area contributed by atoms with Gasteiger partial charge in [-0.2, -0.15) is 0 Å². The molecule has 1 fully saturated rings. The molecule has 1 aromatic rings. The van der Waals surface area contributed by atoms with Crippen LogP contribution < -0.4 is 5.73 Å². The number of nitrogens with zero attached hydrogens (tertiary/aromatic N) is 1. The van der Waals surface area contributed by atoms with Crippen LogP contribution >= 0.6 is 0 Å². The van der Waals surface area contributed by atoms with E-state index in [4.69, 9.17) is 5.73 Å². The summed E-state index contributed by atoms with van der Waals surface area (Å²) in [4.78, 5) is 3.66. The Morgan fingerprint density at radius 2 is 2.15 bits per heavy atom. The number of hydrogen-bond acceptors (Lipinski definition) is 2. The van der Waals surface area contributed by atoms with E-state index in [-0.39, 0.29) is 11.7 Å². The molecule has 1 heterocycles. The first-order chi connectivity index (χ1) is 6.18. The molecule has 1 aromatic heterocycles. The molecule has 2 rings (SSSR count). The van der Waals surface area contributed by atoms with Crippen LogP contribution in [0.3, 0.4) is 0 Å². The maximum atomic E-state index is 13.1. The zero-order valence-corrected chi connectivity index (χ0v) is 7.00. The van der Waals surface area contributed by atoms with Crippen LogP contribution in [0.25, 0.3) is 0 Å². The van der Waals surface area contributed by atoms with Crippen LogP contribution in [0, 0.1) is 17.6 Å². The Bertz CT molecular complexity index is 323. The molecule has 0 saturated heterocycles. The van der Waals surface area contributed by atoms with Gasteiger partial charge in [0, 0.05) is 6.07 Å². The van der Waals surface area contributed by atoms with Gasteiger partial charge in [-0.25, -0.2) is 8.78 Å². The van der Waals surface area contributed by atoms with Gasteiger partial charge in [0.1, 0.15) is 11.6 Å². The quantitative estimate of drug-likeness (QED) is 0.760. The van der Waals surface area contributed by atoms with Crippen LogP contribution in [0.4, 0.5) is 8.78 Å². The van der Waals surface area contributed by atoms with Crippen molar-refractivity contribution in [3.05, 3.63) is 29.6 Å². The zero-order chi connectivity index (χ0) is 9.42. The van der Waals surface area contributed by atoms with Gasteiger partial charge in [-0.15, -0.1) is 0 Å². The summed E-state index contributed by atoms with van der Waals surface area (Å²) < 4.78 is 25.6. The number of aromatic nitrogens is 1. The molecule has 1 aliphatic carbocycles. The molecule has 2 nitrogen and oxygen atoms in total. The van der Waals surface area contributed by atoms with Crippen molar-refractivity contribution in [3.8, 4) is 0 Å². The van der Waals surface area contributed by atoms with Crippen molar-refractivity contribution >= 4 is 0 Å². The fourth-order valence-electron chi connectivity index (χ4n) is 1.35. The normalized spacial score (nSPS) is 18.7. The molecule has 1 saturated carbocycles. The van der Waals surface area contributed by atoms with Gasteiger partial charge in [-0.3, -0.25) is 4.98 Å². The molecule has 4 heteroatoms. The Morgan fingerprint density at radius 3 is 2.69 bits per heavy atom. The predicted molar refractivity (Wildman–Crippen MR) is 43.8 cm³/mol. The molecular formula is C9H10F2N2. The number of pyridine rings is 1. The predicted octanol–water partition coefficient (Wildman–Crippen LogP) is 1.77. The third-order valence-corrected chi connectivity index (χ3v) is 2.28. The van der Waals surface area contributed by atoms with Crippen molar-refractivity contribution in [1.29, 1.82) is 0 Å². The minimum Gasteiger partial charge on any atom is -0.322 e. The summed E-state index contributed by atoms with van der Waals surface area (Å²) in [6.07, 6.45) is 3.03. The molecule has 0 spiro atoms. The van der Waals surface area contributed by atoms with E-state index in [1.54, 1.807) is 0 Å². The van der Waals surface area contributed by atoms with Gasteiger partial charge in [0.25, 0.3) is 0 Å². The van der Waals surface area contributed by atoms with Crippen LogP contribution in [-0.2, 0) is 0 Å². The number of halogens is 2. The van der Waals surface area contributed by atoms with Crippen LogP contribution in [0.15, 0.2) is 12.3 Å². The lowest BCUT2D eigenvalue weighted by atomic mass is 10.1. The van der Waals surface area contributed by atoms with E-state index in [0.717, 1.165) is 25.1 Å². The molecule has 1 unspecified atom stereocenters. The molecule has 2 N–H and O–H groups in total. The molecule has 0 amide bonds. The van der Waals surface area contributed by atoms with Gasteiger partial charge in [0.15, 0.2) is 0 Å². The Balaban J connectivity index is 2.28. The van der Waals surface area contributed by atoms with E-state index < -0.39 is 11.6 Å². The van der Waals surface area contributed by atoms with Gasteiger partial charge in [-0.1, -0.05) is 0 Å². The second-order valence-corrected chi connectivity index (χ2v) is 3.38. The highest BCUT2D eigenvalue weighted by atomic mass is 19.1. The average molecular weight is 184 g/mol. The summed E-state index contributed by atoms with van der Waals surface area (Å²) in [6, 6.07) is 0.450. The zero-order valence-electron chi connectivity index (χ0n) is 7.00. The Labute approximate surface area is 74.8 Å². The molecule has 0 bridgehead atoms. The Hall–Kier alpha value is -1.03. The van der Waals surface area contributed by atoms with E-state index in [0.29, 0.717) is 5.92 Å². The van der Waals surface area contributed by atoms with Crippen molar-refractivity contribution in [2.75, 3.05) is 0 Å². The first kappa shape index (κ1) is 8.56. The third-order valence-electron chi connectivity index (χ3n) is 2.28. The second-order valence-electron chi connectivity index (χ2n) is 3.38. The first-order valence-electron chi connectivity index (χ1n) is 4.25. The molecule has 13 heavy (non-hydrogen) atoms. The van der Waals surface area contributed by atoms with Crippen molar-refractivity contribution in [1.82, 2.24) is 4.98 Å². The van der Waals surface area contributed by atoms with Gasteiger partial charge in [-0.05, 0) is 18.8 Å². The van der Waals surface area contributed by atoms with Crippen molar-refractivity contribution in [2.45, 2.75) is 18.9 Å². The summed E-state index contributed by atoms with van der Waals surface area (Å²) in [6.45, 7) is 0. The molecule has 70 valence electrons. The molecule has 1 atom stereocenters. The topological polar surface area (TPSA) is 38.9 Å². The number of rotatable bonds is 2. The average Bonchev–Trinajstić information content (AvgIpc) is 2.85. The minimum atomic E-state index is -0.663. The van der Waals surface area contributed by atoms with Crippen LogP contribution in [-0.4, -0.2) is 4.98 Å². The first-order valence-corrected chi connectivity index (χ1v) is 4.25. The Morgan fingerprint density at radius 1 is 1.46 bits per heavy atom. The van der Waals surface area contributed by atoms with Gasteiger partial charge in [0.05, 0.1) is 17.9 Å². The third kappa shape index (κ3) is 1.67. The lowest BCUT2D eigenvalue weighted by Crippen LogP contribution is -2.16. The minimum absolute atomic E-state index is 0.184. The van der Waals surface area contributed by atoms with E-state index >= 15 is 0 Å². The van der Waals surface area contributed by atoms with Crippen molar-refractivity contribution < 1.29 is 8.78 Å². The van der Waals surface area contributed by atoms with Gasteiger partial charge in [0.2, 0.25) is 0 Å². The highest BCUT2D eigenvalue weighted by molar-refractivity contribution is 5.14. The standard InChI is InChI=1S/C9H10F2N2/c10-6-3-7(11)9(13-4-6)8(12)5-1-2-5/h3-5,8H,1-2,12H2. The largest absolute Gasteiger partial charge is 0.322 e. The molecule has 1 aliphatic rings. The SMILES string of the molecule is NC(c1ncc(F)cc1F)C1CC1. The van der Waals surface area contributed by atoms with E-state index in [1.165, 1.54) is 0 Å². The van der Waals surface area contributed by atoms with E-state index in [9.17, 15) is 8.78 Å². The molecule has 0 aromatic carbocycles. The highest BCUT2D eigenvalue weighted by Crippen LogP contribution is 2.39. The fraction of sp³-hybridized carbons (Fsp3) is 0.444.